The number of allylic oxidation sites excluding steroid dienone is 1. The highest BCUT2D eigenvalue weighted by Gasteiger charge is 2.51. The molecule has 45 heavy (non-hydrogen) atoms. The van der Waals surface area contributed by atoms with E-state index in [2.05, 4.69) is 62.5 Å². The maximum absolute atomic E-state index is 13.7. The van der Waals surface area contributed by atoms with E-state index in [4.69, 9.17) is 4.74 Å². The number of urea groups is 1. The smallest absolute Gasteiger partial charge is 0.335 e. The van der Waals surface area contributed by atoms with Gasteiger partial charge in [0.2, 0.25) is 0 Å². The fourth-order valence-electron chi connectivity index (χ4n) is 8.45. The monoisotopic (exact) mass is 776 g/mol. The van der Waals surface area contributed by atoms with Gasteiger partial charge in [0.05, 0.1) is 10.2 Å². The second kappa shape index (κ2) is 12.2. The van der Waals surface area contributed by atoms with E-state index >= 15 is 0 Å². The highest BCUT2D eigenvalue weighted by atomic mass is 127. The van der Waals surface area contributed by atoms with Gasteiger partial charge in [0.25, 0.3) is 11.8 Å². The largest absolute Gasteiger partial charge is 0.487 e. The number of imide groups is 2. The van der Waals surface area contributed by atoms with Gasteiger partial charge in [0, 0.05) is 3.57 Å². The Morgan fingerprint density at radius 2 is 1.60 bits per heavy atom. The Balaban J connectivity index is 1.14. The Morgan fingerprint density at radius 1 is 0.956 bits per heavy atom. The van der Waals surface area contributed by atoms with Crippen LogP contribution >= 0.6 is 38.5 Å². The van der Waals surface area contributed by atoms with Crippen LogP contribution in [0.2, 0.25) is 0 Å². The molecule has 1 N–H and O–H groups in total. The first-order valence-electron chi connectivity index (χ1n) is 15.5. The molecule has 5 aliphatic rings. The van der Waals surface area contributed by atoms with E-state index in [0.29, 0.717) is 34.5 Å². The molecule has 8 rings (SSSR count). The lowest BCUT2D eigenvalue weighted by atomic mass is 9.48. The fraction of sp³-hybridized carbons (Fsp3) is 0.324. The number of nitrogens with zero attached hydrogens (tertiary/aromatic N) is 1. The summed E-state index contributed by atoms with van der Waals surface area (Å²) in [4.78, 5) is 40.7. The van der Waals surface area contributed by atoms with Crippen LogP contribution in [-0.2, 0) is 28.0 Å². The zero-order valence-corrected chi connectivity index (χ0v) is 28.6. The molecule has 3 aromatic rings. The van der Waals surface area contributed by atoms with Crippen LogP contribution in [0.25, 0.3) is 6.08 Å². The number of hydrogen-bond acceptors (Lipinski definition) is 4. The summed E-state index contributed by atoms with van der Waals surface area (Å²) in [5.41, 5.74) is 4.40. The quantitative estimate of drug-likeness (QED) is 0.108. The first-order chi connectivity index (χ1) is 21.7. The molecular weight excluding hydrogens is 743 g/mol. The molecule has 5 fully saturated rings. The summed E-state index contributed by atoms with van der Waals surface area (Å²) >= 11 is 5.90. The minimum Gasteiger partial charge on any atom is -0.487 e. The Hall–Kier alpha value is -3.24. The number of rotatable bonds is 8. The van der Waals surface area contributed by atoms with Gasteiger partial charge in [0.1, 0.15) is 17.9 Å². The standard InChI is InChI=1S/C37H34BrIN2O4/c1-2-3-27-15-23(17-32(38)33(27)45-21-22-4-8-29(39)9-5-22)16-31-34(42)40-36(44)41(35(31)43)30-10-6-28(7-11-30)37-18-24-12-25(19-37)14-26(13-24)20-37/h2,4-11,15-17,24-26H,1,3,12-14,18-21H2,(H,40,42,44)/b31-16+. The SMILES string of the molecule is C=CCc1cc(/C=C2\C(=O)NC(=O)N(c3ccc(C45CC6CC(CC(C6)C4)C5)cc3)C2=O)cc(Br)c1OCc1ccc(I)cc1. The number of barbiturate groups is 1. The summed E-state index contributed by atoms with van der Waals surface area (Å²) in [6, 6.07) is 19.0. The molecule has 4 bridgehead atoms. The second-order valence-electron chi connectivity index (χ2n) is 13.1. The summed E-state index contributed by atoms with van der Waals surface area (Å²) < 4.78 is 8.03. The van der Waals surface area contributed by atoms with Crippen LogP contribution in [-0.4, -0.2) is 17.8 Å². The first-order valence-corrected chi connectivity index (χ1v) is 17.4. The molecule has 0 atom stereocenters. The number of ether oxygens (including phenoxy) is 1. The van der Waals surface area contributed by atoms with Crippen molar-refractivity contribution in [1.82, 2.24) is 5.32 Å². The van der Waals surface area contributed by atoms with E-state index in [1.165, 1.54) is 50.2 Å². The highest BCUT2D eigenvalue weighted by molar-refractivity contribution is 14.1. The Bertz CT molecular complexity index is 1690. The summed E-state index contributed by atoms with van der Waals surface area (Å²) in [6.45, 7) is 4.27. The van der Waals surface area contributed by atoms with Gasteiger partial charge in [-0.3, -0.25) is 14.9 Å². The molecule has 1 saturated heterocycles. The van der Waals surface area contributed by atoms with Crippen molar-refractivity contribution in [3.05, 3.63) is 109 Å². The summed E-state index contributed by atoms with van der Waals surface area (Å²) in [6.07, 6.45) is 11.7. The third-order valence-corrected chi connectivity index (χ3v) is 11.3. The van der Waals surface area contributed by atoms with E-state index in [-0.39, 0.29) is 11.0 Å². The minimum absolute atomic E-state index is 0.108. The lowest BCUT2D eigenvalue weighted by molar-refractivity contribution is -0.122. The van der Waals surface area contributed by atoms with Gasteiger partial charge in [-0.1, -0.05) is 30.3 Å². The van der Waals surface area contributed by atoms with E-state index in [9.17, 15) is 14.4 Å². The van der Waals surface area contributed by atoms with Gasteiger partial charge in [0.15, 0.2) is 0 Å². The number of carbonyl (C=O) groups excluding carboxylic acids is 3. The molecule has 1 aliphatic heterocycles. The fourth-order valence-corrected chi connectivity index (χ4v) is 9.44. The average Bonchev–Trinajstić information content (AvgIpc) is 2.99. The summed E-state index contributed by atoms with van der Waals surface area (Å²) in [5.74, 6) is 1.78. The molecule has 0 aromatic heterocycles. The number of anilines is 1. The molecule has 8 heteroatoms. The van der Waals surface area contributed by atoms with Gasteiger partial charge < -0.3 is 4.74 Å². The van der Waals surface area contributed by atoms with E-state index < -0.39 is 17.8 Å². The average molecular weight is 777 g/mol. The van der Waals surface area contributed by atoms with Crippen molar-refractivity contribution < 1.29 is 19.1 Å². The number of benzene rings is 3. The van der Waals surface area contributed by atoms with Crippen molar-refractivity contribution >= 4 is 68.1 Å². The van der Waals surface area contributed by atoms with E-state index in [1.807, 2.05) is 48.5 Å². The molecule has 0 unspecified atom stereocenters. The molecule has 4 aliphatic carbocycles. The number of amides is 4. The highest BCUT2D eigenvalue weighted by Crippen LogP contribution is 2.60. The maximum atomic E-state index is 13.7. The molecule has 4 saturated carbocycles. The Kier molecular flexibility index (Phi) is 8.23. The molecule has 6 nitrogen and oxygen atoms in total. The second-order valence-corrected chi connectivity index (χ2v) is 15.2. The molecule has 4 amide bonds. The summed E-state index contributed by atoms with van der Waals surface area (Å²) in [7, 11) is 0. The minimum atomic E-state index is -0.738. The van der Waals surface area contributed by atoms with Gasteiger partial charge in [-0.15, -0.1) is 6.58 Å². The third kappa shape index (κ3) is 5.91. The molecular formula is C37H34BrIN2O4. The first kappa shape index (κ1) is 30.4. The molecule has 0 radical (unpaired) electrons. The van der Waals surface area contributed by atoms with Crippen LogP contribution < -0.4 is 15.0 Å². The van der Waals surface area contributed by atoms with Crippen molar-refractivity contribution in [1.29, 1.82) is 0 Å². The molecule has 1 heterocycles. The van der Waals surface area contributed by atoms with Crippen LogP contribution in [0, 0.1) is 21.3 Å². The topological polar surface area (TPSA) is 75.7 Å². The molecule has 230 valence electrons. The number of hydrogen-bond donors (Lipinski definition) is 1. The third-order valence-electron chi connectivity index (χ3n) is 9.99. The van der Waals surface area contributed by atoms with E-state index in [1.54, 1.807) is 6.08 Å². The van der Waals surface area contributed by atoms with Crippen molar-refractivity contribution in [3.63, 3.8) is 0 Å². The Labute approximate surface area is 285 Å². The lowest BCUT2D eigenvalue weighted by Crippen LogP contribution is -2.54. The summed E-state index contributed by atoms with van der Waals surface area (Å²) in [5, 5.41) is 2.37. The molecule has 0 spiro atoms. The number of nitrogens with one attached hydrogen (secondary N) is 1. The maximum Gasteiger partial charge on any atom is 0.335 e. The molecule has 3 aromatic carbocycles. The predicted molar refractivity (Wildman–Crippen MR) is 187 cm³/mol. The van der Waals surface area contributed by atoms with Crippen LogP contribution in [0.1, 0.15) is 60.8 Å². The van der Waals surface area contributed by atoms with Gasteiger partial charge in [-0.25, -0.2) is 9.69 Å². The Morgan fingerprint density at radius 3 is 2.22 bits per heavy atom. The predicted octanol–water partition coefficient (Wildman–Crippen LogP) is 8.50. The normalized spacial score (nSPS) is 26.4. The van der Waals surface area contributed by atoms with E-state index in [0.717, 1.165) is 37.4 Å². The van der Waals surface area contributed by atoms with Crippen LogP contribution in [0.5, 0.6) is 5.75 Å². The van der Waals surface area contributed by atoms with Crippen LogP contribution in [0.4, 0.5) is 10.5 Å². The van der Waals surface area contributed by atoms with Crippen molar-refractivity contribution in [2.75, 3.05) is 4.90 Å². The number of halogens is 2. The van der Waals surface area contributed by atoms with Gasteiger partial charge in [-0.05, 0) is 171 Å². The van der Waals surface area contributed by atoms with Crippen LogP contribution in [0.3, 0.4) is 0 Å². The van der Waals surface area contributed by atoms with Gasteiger partial charge in [-0.2, -0.15) is 0 Å². The van der Waals surface area contributed by atoms with Gasteiger partial charge >= 0.3 is 6.03 Å². The van der Waals surface area contributed by atoms with Crippen molar-refractivity contribution in [2.45, 2.75) is 57.0 Å². The zero-order chi connectivity index (χ0) is 31.3. The lowest BCUT2D eigenvalue weighted by Gasteiger charge is -2.57. The number of carbonyl (C=O) groups is 3. The van der Waals surface area contributed by atoms with Crippen LogP contribution in [0.15, 0.2) is 83.4 Å². The zero-order valence-electron chi connectivity index (χ0n) is 24.9. The van der Waals surface area contributed by atoms with Crippen molar-refractivity contribution in [3.8, 4) is 5.75 Å². The van der Waals surface area contributed by atoms with Crippen molar-refractivity contribution in [2.24, 2.45) is 17.8 Å².